The summed E-state index contributed by atoms with van der Waals surface area (Å²) in [6, 6.07) is 5.74. The Bertz CT molecular complexity index is 484. The molecule has 1 rings (SSSR count). The fourth-order valence-electron chi connectivity index (χ4n) is 1.14. The van der Waals surface area contributed by atoms with E-state index in [-0.39, 0.29) is 24.3 Å². The van der Waals surface area contributed by atoms with Crippen molar-refractivity contribution in [3.05, 3.63) is 29.3 Å². The highest BCUT2D eigenvalue weighted by Gasteiger charge is 2.12. The zero-order valence-corrected chi connectivity index (χ0v) is 10.5. The van der Waals surface area contributed by atoms with Crippen LogP contribution < -0.4 is 4.72 Å². The number of carboxylic acids is 1. The highest BCUT2D eigenvalue weighted by Crippen LogP contribution is 2.13. The van der Waals surface area contributed by atoms with Gasteiger partial charge in [-0.25, -0.2) is 13.1 Å². The molecular weight excluding hydrogens is 266 g/mol. The van der Waals surface area contributed by atoms with Gasteiger partial charge in [0.25, 0.3) is 0 Å². The number of halogens is 1. The van der Waals surface area contributed by atoms with Crippen LogP contribution in [0.25, 0.3) is 0 Å². The first kappa shape index (κ1) is 14.0. The van der Waals surface area contributed by atoms with E-state index in [1.54, 1.807) is 0 Å². The molecule has 1 aromatic rings. The number of nitrogens with one attached hydrogen (secondary N) is 1. The number of rotatable bonds is 6. The van der Waals surface area contributed by atoms with E-state index >= 15 is 0 Å². The fraction of sp³-hybridized carbons (Fsp3) is 0.300. The lowest BCUT2D eigenvalue weighted by atomic mass is 10.3. The highest BCUT2D eigenvalue weighted by molar-refractivity contribution is 7.89. The summed E-state index contributed by atoms with van der Waals surface area (Å²) in [5.41, 5.74) is 0. The van der Waals surface area contributed by atoms with Crippen molar-refractivity contribution in [2.45, 2.75) is 17.7 Å². The number of carbonyl (C=O) groups is 1. The maximum absolute atomic E-state index is 11.7. The number of hydrogen-bond acceptors (Lipinski definition) is 3. The summed E-state index contributed by atoms with van der Waals surface area (Å²) in [6.45, 7) is 0.0945. The van der Waals surface area contributed by atoms with E-state index in [1.807, 2.05) is 0 Å². The Labute approximate surface area is 104 Å². The summed E-state index contributed by atoms with van der Waals surface area (Å²) in [5.74, 6) is -0.948. The van der Waals surface area contributed by atoms with Gasteiger partial charge in [0.2, 0.25) is 10.0 Å². The minimum Gasteiger partial charge on any atom is -0.481 e. The van der Waals surface area contributed by atoms with Crippen LogP contribution in [0.5, 0.6) is 0 Å². The van der Waals surface area contributed by atoms with Crippen molar-refractivity contribution in [3.8, 4) is 0 Å². The van der Waals surface area contributed by atoms with Crippen LogP contribution in [-0.2, 0) is 14.8 Å². The van der Waals surface area contributed by atoms with Crippen molar-refractivity contribution in [2.24, 2.45) is 0 Å². The number of carboxylic acid groups (broad SMARTS) is 1. The Hall–Kier alpha value is -1.11. The minimum atomic E-state index is -3.58. The van der Waals surface area contributed by atoms with E-state index in [0.717, 1.165) is 0 Å². The zero-order valence-electron chi connectivity index (χ0n) is 8.89. The van der Waals surface area contributed by atoms with Crippen LogP contribution in [-0.4, -0.2) is 26.0 Å². The van der Waals surface area contributed by atoms with Crippen LogP contribution in [0.15, 0.2) is 29.2 Å². The van der Waals surface area contributed by atoms with Gasteiger partial charge in [0.15, 0.2) is 0 Å². The summed E-state index contributed by atoms with van der Waals surface area (Å²) in [6.07, 6.45) is 0.186. The van der Waals surface area contributed by atoms with Gasteiger partial charge in [-0.15, -0.1) is 0 Å². The molecule has 7 heteroatoms. The molecule has 0 saturated heterocycles. The van der Waals surface area contributed by atoms with Crippen molar-refractivity contribution >= 4 is 27.6 Å². The first-order chi connectivity index (χ1) is 7.92. The lowest BCUT2D eigenvalue weighted by Gasteiger charge is -2.05. The fourth-order valence-corrected chi connectivity index (χ4v) is 2.34. The molecule has 0 heterocycles. The lowest BCUT2D eigenvalue weighted by Crippen LogP contribution is -2.25. The van der Waals surface area contributed by atoms with Crippen LogP contribution >= 0.6 is 11.6 Å². The second-order valence-electron chi connectivity index (χ2n) is 3.35. The van der Waals surface area contributed by atoms with Gasteiger partial charge in [-0.05, 0) is 30.7 Å². The van der Waals surface area contributed by atoms with Crippen molar-refractivity contribution in [1.82, 2.24) is 4.72 Å². The second kappa shape index (κ2) is 6.00. The second-order valence-corrected chi connectivity index (χ2v) is 5.55. The average molecular weight is 278 g/mol. The number of sulfonamides is 1. The molecule has 0 fully saturated rings. The first-order valence-corrected chi connectivity index (χ1v) is 6.75. The van der Waals surface area contributed by atoms with Gasteiger partial charge in [-0.1, -0.05) is 11.6 Å². The molecule has 94 valence electrons. The molecule has 0 unspecified atom stereocenters. The summed E-state index contributed by atoms with van der Waals surface area (Å²) in [7, 11) is -3.58. The van der Waals surface area contributed by atoms with E-state index in [4.69, 9.17) is 16.7 Å². The summed E-state index contributed by atoms with van der Waals surface area (Å²) in [5, 5.41) is 8.85. The molecule has 0 saturated carbocycles. The standard InChI is InChI=1S/C10H12ClNO4S/c11-8-3-5-9(6-4-8)17(15,16)12-7-1-2-10(13)14/h3-6,12H,1-2,7H2,(H,13,14). The molecule has 0 spiro atoms. The molecule has 5 nitrogen and oxygen atoms in total. The van der Waals surface area contributed by atoms with Gasteiger partial charge < -0.3 is 5.11 Å². The average Bonchev–Trinajstić information content (AvgIpc) is 2.25. The third-order valence-electron chi connectivity index (χ3n) is 1.98. The normalized spacial score (nSPS) is 11.4. The van der Waals surface area contributed by atoms with Gasteiger partial charge >= 0.3 is 5.97 Å². The van der Waals surface area contributed by atoms with E-state index < -0.39 is 16.0 Å². The molecule has 2 N–H and O–H groups in total. The van der Waals surface area contributed by atoms with Gasteiger partial charge in [-0.2, -0.15) is 0 Å². The molecule has 0 atom stereocenters. The summed E-state index contributed by atoms with van der Waals surface area (Å²) >= 11 is 5.64. The van der Waals surface area contributed by atoms with Crippen molar-refractivity contribution in [3.63, 3.8) is 0 Å². The molecule has 17 heavy (non-hydrogen) atoms. The number of aliphatic carboxylic acids is 1. The predicted octanol–water partition coefficient (Wildman–Crippen LogP) is 1.48. The van der Waals surface area contributed by atoms with Crippen LogP contribution in [0, 0.1) is 0 Å². The molecule has 0 aliphatic rings. The SMILES string of the molecule is O=C(O)CCCNS(=O)(=O)c1ccc(Cl)cc1. The topological polar surface area (TPSA) is 83.5 Å². The third kappa shape index (κ3) is 4.72. The lowest BCUT2D eigenvalue weighted by molar-refractivity contribution is -0.137. The van der Waals surface area contributed by atoms with E-state index in [9.17, 15) is 13.2 Å². The molecule has 0 aliphatic carbocycles. The monoisotopic (exact) mass is 277 g/mol. The quantitative estimate of drug-likeness (QED) is 0.772. The van der Waals surface area contributed by atoms with E-state index in [0.29, 0.717) is 5.02 Å². The van der Waals surface area contributed by atoms with Crippen LogP contribution in [0.3, 0.4) is 0 Å². The largest absolute Gasteiger partial charge is 0.481 e. The van der Waals surface area contributed by atoms with Gasteiger partial charge in [0, 0.05) is 18.0 Å². The Kier molecular flexibility index (Phi) is 4.92. The molecule has 1 aromatic carbocycles. The molecule has 0 bridgehead atoms. The van der Waals surface area contributed by atoms with E-state index in [1.165, 1.54) is 24.3 Å². The van der Waals surface area contributed by atoms with Gasteiger partial charge in [-0.3, -0.25) is 4.79 Å². The number of hydrogen-bond donors (Lipinski definition) is 2. The summed E-state index contributed by atoms with van der Waals surface area (Å²) in [4.78, 5) is 10.3. The Morgan fingerprint density at radius 2 is 1.88 bits per heavy atom. The van der Waals surface area contributed by atoms with Crippen LogP contribution in [0.1, 0.15) is 12.8 Å². The minimum absolute atomic E-state index is 0.0663. The molecular formula is C10H12ClNO4S. The van der Waals surface area contributed by atoms with Crippen molar-refractivity contribution < 1.29 is 18.3 Å². The van der Waals surface area contributed by atoms with E-state index in [2.05, 4.69) is 4.72 Å². The van der Waals surface area contributed by atoms with Crippen LogP contribution in [0.4, 0.5) is 0 Å². The molecule has 0 aromatic heterocycles. The highest BCUT2D eigenvalue weighted by atomic mass is 35.5. The first-order valence-electron chi connectivity index (χ1n) is 4.89. The Balaban J connectivity index is 2.57. The predicted molar refractivity (Wildman–Crippen MR) is 63.5 cm³/mol. The third-order valence-corrected chi connectivity index (χ3v) is 3.71. The molecule has 0 amide bonds. The molecule has 0 aliphatic heterocycles. The maximum atomic E-state index is 11.7. The van der Waals surface area contributed by atoms with Gasteiger partial charge in [0.1, 0.15) is 0 Å². The Morgan fingerprint density at radius 1 is 1.29 bits per heavy atom. The van der Waals surface area contributed by atoms with Gasteiger partial charge in [0.05, 0.1) is 4.90 Å². The number of benzene rings is 1. The maximum Gasteiger partial charge on any atom is 0.303 e. The van der Waals surface area contributed by atoms with Crippen molar-refractivity contribution in [2.75, 3.05) is 6.54 Å². The van der Waals surface area contributed by atoms with Crippen LogP contribution in [0.2, 0.25) is 5.02 Å². The smallest absolute Gasteiger partial charge is 0.303 e. The Morgan fingerprint density at radius 3 is 2.41 bits per heavy atom. The zero-order chi connectivity index (χ0) is 12.9. The van der Waals surface area contributed by atoms with Crippen molar-refractivity contribution in [1.29, 1.82) is 0 Å². The molecule has 0 radical (unpaired) electrons. The summed E-state index contributed by atoms with van der Waals surface area (Å²) < 4.78 is 25.7.